The summed E-state index contributed by atoms with van der Waals surface area (Å²) in [6.45, 7) is 4.12. The SMILES string of the molecule is N#Cc1cc(N)c(N2CCN(c3ccc4c(c3)OCO4)CC2)n1Cc1ccc(Cl)cc1. The van der Waals surface area contributed by atoms with Gasteiger partial charge in [-0.2, -0.15) is 5.26 Å². The molecule has 0 unspecified atom stereocenters. The van der Waals surface area contributed by atoms with Crippen molar-refractivity contribution < 1.29 is 9.47 Å². The molecule has 0 saturated carbocycles. The second kappa shape index (κ2) is 7.97. The highest BCUT2D eigenvalue weighted by Gasteiger charge is 2.25. The molecule has 0 amide bonds. The number of benzene rings is 2. The number of anilines is 3. The number of ether oxygens (including phenoxy) is 2. The topological polar surface area (TPSA) is 79.7 Å². The van der Waals surface area contributed by atoms with Crippen molar-refractivity contribution in [3.63, 3.8) is 0 Å². The third kappa shape index (κ3) is 3.71. The molecule has 0 atom stereocenters. The molecule has 2 aliphatic rings. The lowest BCUT2D eigenvalue weighted by molar-refractivity contribution is 0.174. The first-order chi connectivity index (χ1) is 15.1. The monoisotopic (exact) mass is 435 g/mol. The summed E-state index contributed by atoms with van der Waals surface area (Å²) < 4.78 is 12.9. The van der Waals surface area contributed by atoms with Crippen LogP contribution in [0.4, 0.5) is 17.2 Å². The Bertz CT molecular complexity index is 1140. The van der Waals surface area contributed by atoms with Crippen molar-refractivity contribution in [3.05, 3.63) is 64.8 Å². The molecule has 0 radical (unpaired) electrons. The molecular formula is C23H22ClN5O2. The molecule has 2 aromatic carbocycles. The van der Waals surface area contributed by atoms with Crippen LogP contribution in [0.2, 0.25) is 5.02 Å². The number of halogens is 1. The first kappa shape index (κ1) is 19.5. The van der Waals surface area contributed by atoms with Gasteiger partial charge >= 0.3 is 0 Å². The highest BCUT2D eigenvalue weighted by atomic mass is 35.5. The number of rotatable bonds is 4. The van der Waals surface area contributed by atoms with Crippen molar-refractivity contribution in [2.24, 2.45) is 0 Å². The molecule has 1 fully saturated rings. The summed E-state index contributed by atoms with van der Waals surface area (Å²) in [6.07, 6.45) is 0. The number of nitrogen functional groups attached to an aromatic ring is 1. The zero-order chi connectivity index (χ0) is 21.4. The molecule has 8 heteroatoms. The Balaban J connectivity index is 1.36. The number of fused-ring (bicyclic) bond motifs is 1. The third-order valence-corrected chi connectivity index (χ3v) is 6.02. The molecule has 3 heterocycles. The van der Waals surface area contributed by atoms with Gasteiger partial charge in [-0.1, -0.05) is 23.7 Å². The van der Waals surface area contributed by atoms with Crippen LogP contribution in [0.15, 0.2) is 48.5 Å². The van der Waals surface area contributed by atoms with E-state index in [1.807, 2.05) is 41.0 Å². The second-order valence-corrected chi connectivity index (χ2v) is 8.08. The summed E-state index contributed by atoms with van der Waals surface area (Å²) in [5, 5.41) is 10.3. The molecule has 158 valence electrons. The Morgan fingerprint density at radius 1 is 0.935 bits per heavy atom. The van der Waals surface area contributed by atoms with Gasteiger partial charge in [0.15, 0.2) is 11.5 Å². The molecule has 3 aromatic rings. The Hall–Kier alpha value is -3.50. The van der Waals surface area contributed by atoms with Crippen LogP contribution in [-0.2, 0) is 6.54 Å². The number of hydrogen-bond acceptors (Lipinski definition) is 6. The van der Waals surface area contributed by atoms with Gasteiger partial charge in [0.25, 0.3) is 0 Å². The summed E-state index contributed by atoms with van der Waals surface area (Å²) in [7, 11) is 0. The van der Waals surface area contributed by atoms with Gasteiger partial charge in [-0.25, -0.2) is 0 Å². The minimum Gasteiger partial charge on any atom is -0.454 e. The number of hydrogen-bond donors (Lipinski definition) is 1. The van der Waals surface area contributed by atoms with E-state index >= 15 is 0 Å². The molecule has 31 heavy (non-hydrogen) atoms. The standard InChI is InChI=1S/C23H22ClN5O2/c24-17-3-1-16(2-4-17)14-29-19(13-25)11-20(26)23(29)28-9-7-27(8-10-28)18-5-6-21-22(12-18)31-15-30-21/h1-6,11-12H,7-10,14-15,26H2. The molecule has 2 aliphatic heterocycles. The highest BCUT2D eigenvalue weighted by molar-refractivity contribution is 6.30. The van der Waals surface area contributed by atoms with Crippen molar-refractivity contribution in [1.82, 2.24) is 4.57 Å². The molecule has 0 aliphatic carbocycles. The van der Waals surface area contributed by atoms with Gasteiger partial charge in [-0.3, -0.25) is 0 Å². The van der Waals surface area contributed by atoms with Crippen molar-refractivity contribution >= 4 is 28.8 Å². The second-order valence-electron chi connectivity index (χ2n) is 7.64. The van der Waals surface area contributed by atoms with Crippen molar-refractivity contribution in [1.29, 1.82) is 5.26 Å². The van der Waals surface area contributed by atoms with Crippen LogP contribution in [-0.4, -0.2) is 37.5 Å². The number of nitriles is 1. The predicted octanol–water partition coefficient (Wildman–Crippen LogP) is 3.70. The van der Waals surface area contributed by atoms with E-state index in [1.54, 1.807) is 6.07 Å². The van der Waals surface area contributed by atoms with Crippen LogP contribution in [0.25, 0.3) is 0 Å². The van der Waals surface area contributed by atoms with E-state index in [0.29, 0.717) is 22.9 Å². The van der Waals surface area contributed by atoms with Gasteiger partial charge in [0.05, 0.1) is 12.2 Å². The molecular weight excluding hydrogens is 414 g/mol. The zero-order valence-corrected chi connectivity index (χ0v) is 17.7. The minimum atomic E-state index is 0.275. The number of nitrogens with zero attached hydrogens (tertiary/aromatic N) is 4. The van der Waals surface area contributed by atoms with Crippen LogP contribution >= 0.6 is 11.6 Å². The van der Waals surface area contributed by atoms with Gasteiger partial charge in [0.2, 0.25) is 6.79 Å². The fraction of sp³-hybridized carbons (Fsp3) is 0.261. The maximum atomic E-state index is 9.65. The third-order valence-electron chi connectivity index (χ3n) is 5.77. The van der Waals surface area contributed by atoms with E-state index in [2.05, 4.69) is 21.9 Å². The minimum absolute atomic E-state index is 0.275. The maximum Gasteiger partial charge on any atom is 0.231 e. The predicted molar refractivity (Wildman–Crippen MR) is 121 cm³/mol. The fourth-order valence-corrected chi connectivity index (χ4v) is 4.32. The van der Waals surface area contributed by atoms with E-state index in [-0.39, 0.29) is 6.79 Å². The lowest BCUT2D eigenvalue weighted by Gasteiger charge is -2.38. The van der Waals surface area contributed by atoms with Crippen LogP contribution in [0, 0.1) is 11.3 Å². The molecule has 0 bridgehead atoms. The summed E-state index contributed by atoms with van der Waals surface area (Å²) >= 11 is 6.02. The van der Waals surface area contributed by atoms with Crippen molar-refractivity contribution in [3.8, 4) is 17.6 Å². The average molecular weight is 436 g/mol. The first-order valence-corrected chi connectivity index (χ1v) is 10.5. The maximum absolute atomic E-state index is 9.65. The molecule has 0 spiro atoms. The fourth-order valence-electron chi connectivity index (χ4n) is 4.20. The number of piperazine rings is 1. The van der Waals surface area contributed by atoms with E-state index < -0.39 is 0 Å². The summed E-state index contributed by atoms with van der Waals surface area (Å²) in [6, 6.07) is 17.8. The summed E-state index contributed by atoms with van der Waals surface area (Å²) in [4.78, 5) is 4.59. The quantitative estimate of drug-likeness (QED) is 0.673. The van der Waals surface area contributed by atoms with Crippen molar-refractivity contribution in [2.75, 3.05) is 48.5 Å². The highest BCUT2D eigenvalue weighted by Crippen LogP contribution is 2.36. The van der Waals surface area contributed by atoms with Crippen molar-refractivity contribution in [2.45, 2.75) is 6.54 Å². The molecule has 5 rings (SSSR count). The first-order valence-electron chi connectivity index (χ1n) is 10.2. The average Bonchev–Trinajstić information content (AvgIpc) is 3.39. The largest absolute Gasteiger partial charge is 0.454 e. The van der Waals surface area contributed by atoms with Crippen LogP contribution < -0.4 is 25.0 Å². The normalized spacial score (nSPS) is 15.2. The zero-order valence-electron chi connectivity index (χ0n) is 16.9. The Kier molecular flexibility index (Phi) is 5.00. The molecule has 2 N–H and O–H groups in total. The lowest BCUT2D eigenvalue weighted by Crippen LogP contribution is -2.47. The molecule has 1 aromatic heterocycles. The van der Waals surface area contributed by atoms with Gasteiger partial charge in [0.1, 0.15) is 17.6 Å². The Morgan fingerprint density at radius 3 is 2.39 bits per heavy atom. The van der Waals surface area contributed by atoms with E-state index in [4.69, 9.17) is 26.8 Å². The summed E-state index contributed by atoms with van der Waals surface area (Å²) in [5.74, 6) is 2.48. The van der Waals surface area contributed by atoms with Crippen LogP contribution in [0.3, 0.4) is 0 Å². The van der Waals surface area contributed by atoms with E-state index in [1.165, 1.54) is 0 Å². The number of aromatic nitrogens is 1. The Morgan fingerprint density at radius 2 is 1.65 bits per heavy atom. The smallest absolute Gasteiger partial charge is 0.231 e. The molecule has 7 nitrogen and oxygen atoms in total. The lowest BCUT2D eigenvalue weighted by atomic mass is 10.2. The van der Waals surface area contributed by atoms with Gasteiger partial charge in [-0.05, 0) is 35.9 Å². The van der Waals surface area contributed by atoms with Crippen LogP contribution in [0.1, 0.15) is 11.3 Å². The van der Waals surface area contributed by atoms with Gasteiger partial charge in [-0.15, -0.1) is 0 Å². The van der Waals surface area contributed by atoms with E-state index in [0.717, 1.165) is 54.7 Å². The molecule has 1 saturated heterocycles. The van der Waals surface area contributed by atoms with Crippen LogP contribution in [0.5, 0.6) is 11.5 Å². The van der Waals surface area contributed by atoms with E-state index in [9.17, 15) is 5.26 Å². The summed E-state index contributed by atoms with van der Waals surface area (Å²) in [5.41, 5.74) is 9.72. The Labute approximate surface area is 185 Å². The van der Waals surface area contributed by atoms with Gasteiger partial charge < -0.3 is 29.6 Å². The number of nitrogens with two attached hydrogens (primary N) is 1. The van der Waals surface area contributed by atoms with Gasteiger partial charge in [0, 0.05) is 43.0 Å².